The highest BCUT2D eigenvalue weighted by molar-refractivity contribution is 8.00. The molecule has 0 aromatic heterocycles. The molecular weight excluding hydrogens is 346 g/mol. The molecular formula is C21H25NO3S. The molecule has 0 radical (unpaired) electrons. The third-order valence-electron chi connectivity index (χ3n) is 3.95. The van der Waals surface area contributed by atoms with E-state index in [-0.39, 0.29) is 17.3 Å². The van der Waals surface area contributed by atoms with Gasteiger partial charge in [-0.1, -0.05) is 45.0 Å². The first kappa shape index (κ1) is 20.0. The molecule has 1 amide bonds. The molecule has 2 aromatic rings. The third kappa shape index (κ3) is 5.92. The Morgan fingerprint density at radius 2 is 1.62 bits per heavy atom. The van der Waals surface area contributed by atoms with E-state index in [1.165, 1.54) is 24.4 Å². The molecule has 0 aliphatic heterocycles. The van der Waals surface area contributed by atoms with Crippen LogP contribution in [0.5, 0.6) is 0 Å². The second kappa shape index (κ2) is 8.90. The Balaban J connectivity index is 1.79. The van der Waals surface area contributed by atoms with Crippen LogP contribution in [0.25, 0.3) is 0 Å². The van der Waals surface area contributed by atoms with Crippen LogP contribution in [0.4, 0.5) is 0 Å². The maximum atomic E-state index is 12.0. The molecule has 5 heteroatoms. The van der Waals surface area contributed by atoms with Crippen molar-refractivity contribution in [3.05, 3.63) is 65.2 Å². The van der Waals surface area contributed by atoms with E-state index in [9.17, 15) is 9.59 Å². The second-order valence-corrected chi connectivity index (χ2v) is 8.08. The van der Waals surface area contributed by atoms with Crippen LogP contribution in [0.3, 0.4) is 0 Å². The van der Waals surface area contributed by atoms with Gasteiger partial charge in [-0.25, -0.2) is 4.79 Å². The van der Waals surface area contributed by atoms with Gasteiger partial charge in [-0.15, -0.1) is 11.8 Å². The smallest absolute Gasteiger partial charge is 0.337 e. The van der Waals surface area contributed by atoms with Gasteiger partial charge in [0.15, 0.2) is 0 Å². The van der Waals surface area contributed by atoms with Crippen LogP contribution in [-0.2, 0) is 21.5 Å². The van der Waals surface area contributed by atoms with Gasteiger partial charge in [0.1, 0.15) is 0 Å². The van der Waals surface area contributed by atoms with Gasteiger partial charge in [-0.05, 0) is 40.8 Å². The van der Waals surface area contributed by atoms with Crippen molar-refractivity contribution in [3.63, 3.8) is 0 Å². The average molecular weight is 372 g/mol. The van der Waals surface area contributed by atoms with E-state index in [1.807, 2.05) is 12.1 Å². The van der Waals surface area contributed by atoms with Crippen molar-refractivity contribution in [2.45, 2.75) is 37.6 Å². The summed E-state index contributed by atoms with van der Waals surface area (Å²) in [5.41, 5.74) is 2.84. The van der Waals surface area contributed by atoms with Gasteiger partial charge < -0.3 is 10.1 Å². The number of amides is 1. The minimum absolute atomic E-state index is 0.0213. The van der Waals surface area contributed by atoms with Crippen LogP contribution >= 0.6 is 11.8 Å². The van der Waals surface area contributed by atoms with Crippen molar-refractivity contribution in [1.82, 2.24) is 5.32 Å². The predicted octanol–water partition coefficient (Wildman–Crippen LogP) is 4.18. The lowest BCUT2D eigenvalue weighted by molar-refractivity contribution is -0.118. The summed E-state index contributed by atoms with van der Waals surface area (Å²) in [5, 5.41) is 2.89. The topological polar surface area (TPSA) is 55.4 Å². The zero-order valence-corrected chi connectivity index (χ0v) is 16.5. The Morgan fingerprint density at radius 3 is 2.15 bits per heavy atom. The van der Waals surface area contributed by atoms with E-state index in [1.54, 1.807) is 12.1 Å². The number of hydrogen-bond acceptors (Lipinski definition) is 4. The first-order valence-corrected chi connectivity index (χ1v) is 9.45. The molecule has 0 spiro atoms. The molecule has 0 unspecified atom stereocenters. The molecule has 0 atom stereocenters. The van der Waals surface area contributed by atoms with E-state index in [0.717, 1.165) is 10.5 Å². The van der Waals surface area contributed by atoms with Crippen LogP contribution in [0.1, 0.15) is 42.3 Å². The normalized spacial score (nSPS) is 11.1. The average Bonchev–Trinajstić information content (AvgIpc) is 2.64. The van der Waals surface area contributed by atoms with Crippen molar-refractivity contribution in [2.24, 2.45) is 0 Å². The summed E-state index contributed by atoms with van der Waals surface area (Å²) >= 11 is 1.52. The molecule has 0 aliphatic carbocycles. The minimum Gasteiger partial charge on any atom is -0.465 e. The fraction of sp³-hybridized carbons (Fsp3) is 0.333. The lowest BCUT2D eigenvalue weighted by Gasteiger charge is -2.19. The molecule has 0 bridgehead atoms. The van der Waals surface area contributed by atoms with E-state index in [2.05, 4.69) is 55.1 Å². The van der Waals surface area contributed by atoms with Gasteiger partial charge in [0.25, 0.3) is 0 Å². The maximum Gasteiger partial charge on any atom is 0.337 e. The van der Waals surface area contributed by atoms with Gasteiger partial charge in [0.05, 0.1) is 18.4 Å². The highest BCUT2D eigenvalue weighted by Gasteiger charge is 2.13. The Labute approximate surface area is 159 Å². The summed E-state index contributed by atoms with van der Waals surface area (Å²) in [6, 6.07) is 15.4. The molecule has 4 nitrogen and oxygen atoms in total. The minimum atomic E-state index is -0.366. The quantitative estimate of drug-likeness (QED) is 0.611. The van der Waals surface area contributed by atoms with Gasteiger partial charge in [-0.2, -0.15) is 0 Å². The number of nitrogens with one attached hydrogen (secondary N) is 1. The molecule has 0 saturated heterocycles. The first-order valence-electron chi connectivity index (χ1n) is 8.47. The number of ether oxygens (including phenoxy) is 1. The van der Waals surface area contributed by atoms with Crippen LogP contribution < -0.4 is 5.32 Å². The molecule has 0 heterocycles. The van der Waals surface area contributed by atoms with Crippen LogP contribution in [-0.4, -0.2) is 24.7 Å². The molecule has 138 valence electrons. The van der Waals surface area contributed by atoms with Gasteiger partial charge >= 0.3 is 5.97 Å². The summed E-state index contributed by atoms with van der Waals surface area (Å²) in [6.45, 7) is 6.98. The van der Waals surface area contributed by atoms with Gasteiger partial charge in [0, 0.05) is 11.4 Å². The van der Waals surface area contributed by atoms with Crippen LogP contribution in [0.15, 0.2) is 53.4 Å². The fourth-order valence-corrected chi connectivity index (χ4v) is 3.06. The number of benzene rings is 2. The van der Waals surface area contributed by atoms with Crippen molar-refractivity contribution in [3.8, 4) is 0 Å². The molecule has 2 aromatic carbocycles. The Morgan fingerprint density at radius 1 is 1.00 bits per heavy atom. The summed E-state index contributed by atoms with van der Waals surface area (Å²) in [4.78, 5) is 24.5. The third-order valence-corrected chi connectivity index (χ3v) is 4.97. The summed E-state index contributed by atoms with van der Waals surface area (Å²) in [6.07, 6.45) is 0. The summed E-state index contributed by atoms with van der Waals surface area (Å²) < 4.78 is 4.66. The Bertz CT molecular complexity index is 746. The molecule has 1 N–H and O–H groups in total. The van der Waals surface area contributed by atoms with E-state index >= 15 is 0 Å². The number of thioether (sulfide) groups is 1. The van der Waals surface area contributed by atoms with Crippen LogP contribution in [0.2, 0.25) is 0 Å². The molecule has 0 fully saturated rings. The molecule has 0 aliphatic rings. The lowest BCUT2D eigenvalue weighted by atomic mass is 9.87. The SMILES string of the molecule is COC(=O)c1ccc(CNC(=O)CSc2ccc(C(C)(C)C)cc2)cc1. The molecule has 0 saturated carbocycles. The maximum absolute atomic E-state index is 12.0. The zero-order valence-electron chi connectivity index (χ0n) is 15.7. The number of esters is 1. The Kier molecular flexibility index (Phi) is 6.86. The predicted molar refractivity (Wildman–Crippen MR) is 105 cm³/mol. The van der Waals surface area contributed by atoms with Gasteiger partial charge in [-0.3, -0.25) is 4.79 Å². The van der Waals surface area contributed by atoms with Gasteiger partial charge in [0.2, 0.25) is 5.91 Å². The number of carbonyl (C=O) groups excluding carboxylic acids is 2. The highest BCUT2D eigenvalue weighted by Crippen LogP contribution is 2.25. The monoisotopic (exact) mass is 371 g/mol. The standard InChI is InChI=1S/C21H25NO3S/c1-21(2,3)17-9-11-18(12-10-17)26-14-19(23)22-13-15-5-7-16(8-6-15)20(24)25-4/h5-12H,13-14H2,1-4H3,(H,22,23). The summed E-state index contributed by atoms with van der Waals surface area (Å²) in [7, 11) is 1.35. The summed E-state index contributed by atoms with van der Waals surface area (Å²) in [5.74, 6) is -0.0174. The number of hydrogen-bond donors (Lipinski definition) is 1. The molecule has 2 rings (SSSR count). The fourth-order valence-electron chi connectivity index (χ4n) is 2.33. The number of methoxy groups -OCH3 is 1. The Hall–Kier alpha value is -2.27. The lowest BCUT2D eigenvalue weighted by Crippen LogP contribution is -2.24. The van der Waals surface area contributed by atoms with Crippen LogP contribution in [0, 0.1) is 0 Å². The number of rotatable bonds is 6. The van der Waals surface area contributed by atoms with Crippen molar-refractivity contribution in [1.29, 1.82) is 0 Å². The van der Waals surface area contributed by atoms with Crippen molar-refractivity contribution in [2.75, 3.05) is 12.9 Å². The van der Waals surface area contributed by atoms with Crippen molar-refractivity contribution >= 4 is 23.6 Å². The van der Waals surface area contributed by atoms with E-state index in [4.69, 9.17) is 0 Å². The first-order chi connectivity index (χ1) is 12.3. The highest BCUT2D eigenvalue weighted by atomic mass is 32.2. The number of carbonyl (C=O) groups is 2. The largest absolute Gasteiger partial charge is 0.465 e. The molecule has 26 heavy (non-hydrogen) atoms. The zero-order chi connectivity index (χ0) is 19.2. The second-order valence-electron chi connectivity index (χ2n) is 7.03. The van der Waals surface area contributed by atoms with Crippen molar-refractivity contribution < 1.29 is 14.3 Å². The van der Waals surface area contributed by atoms with E-state index < -0.39 is 0 Å². The van der Waals surface area contributed by atoms with E-state index in [0.29, 0.717) is 17.9 Å².